The van der Waals surface area contributed by atoms with Crippen LogP contribution < -0.4 is 0 Å². The molecule has 2 fully saturated rings. The minimum absolute atomic E-state index is 0.0475. The van der Waals surface area contributed by atoms with E-state index in [0.29, 0.717) is 35.5 Å². The molecule has 0 heterocycles. The fourth-order valence-electron chi connectivity index (χ4n) is 6.54. The van der Waals surface area contributed by atoms with Crippen LogP contribution in [0.25, 0.3) is 0 Å². The van der Waals surface area contributed by atoms with Crippen molar-refractivity contribution in [3.63, 3.8) is 0 Å². The quantitative estimate of drug-likeness (QED) is 0.681. The van der Waals surface area contributed by atoms with Crippen LogP contribution in [0.4, 0.5) is 0 Å². The fourth-order valence-corrected chi connectivity index (χ4v) is 6.54. The molecule has 2 saturated carbocycles. The number of hydrogen-bond donors (Lipinski definition) is 0. The Morgan fingerprint density at radius 2 is 2.17 bits per heavy atom. The zero-order valence-electron chi connectivity index (χ0n) is 15.0. The molecule has 4 aliphatic carbocycles. The van der Waals surface area contributed by atoms with Crippen LogP contribution in [0.2, 0.25) is 0 Å². The predicted molar refractivity (Wildman–Crippen MR) is 92.1 cm³/mol. The van der Waals surface area contributed by atoms with Gasteiger partial charge in [0.25, 0.3) is 0 Å². The number of ketones is 1. The first-order valence-electron chi connectivity index (χ1n) is 9.50. The van der Waals surface area contributed by atoms with Crippen LogP contribution in [-0.2, 0) is 14.3 Å². The summed E-state index contributed by atoms with van der Waals surface area (Å²) in [4.78, 5) is 23.6. The van der Waals surface area contributed by atoms with E-state index < -0.39 is 6.10 Å². The standard InChI is InChI=1S/C21H28O3/c1-12-11-21(3)8-4-5-17(21)15-7-6-14-9-18(23)19(24-13(2)22)10-16(14)20(12)15/h6-7,9,12,15-17,19-20H,4-5,8,10-11H2,1-3H3/t12-,15-,16-,17-,19?,20-,21-/m0/s1. The van der Waals surface area contributed by atoms with E-state index in [1.165, 1.54) is 32.6 Å². The highest BCUT2D eigenvalue weighted by atomic mass is 16.5. The first-order valence-corrected chi connectivity index (χ1v) is 9.50. The van der Waals surface area contributed by atoms with Gasteiger partial charge in [-0.3, -0.25) is 9.59 Å². The Labute approximate surface area is 144 Å². The van der Waals surface area contributed by atoms with Crippen molar-refractivity contribution in [2.75, 3.05) is 0 Å². The number of hydrogen-bond acceptors (Lipinski definition) is 3. The van der Waals surface area contributed by atoms with Crippen molar-refractivity contribution in [3.8, 4) is 0 Å². The van der Waals surface area contributed by atoms with Gasteiger partial charge in [0.15, 0.2) is 11.9 Å². The first-order chi connectivity index (χ1) is 11.4. The molecule has 0 bridgehead atoms. The van der Waals surface area contributed by atoms with Crippen molar-refractivity contribution in [2.24, 2.45) is 35.0 Å². The summed E-state index contributed by atoms with van der Waals surface area (Å²) in [6, 6.07) is 0. The Morgan fingerprint density at radius 3 is 2.92 bits per heavy atom. The van der Waals surface area contributed by atoms with Gasteiger partial charge >= 0.3 is 5.97 Å². The SMILES string of the molecule is CC(=O)OC1C[C@H]2C(=CC1=O)C=C[C@@H]1[C@@H]2[C@@H](C)C[C@]2(C)CCC[C@@H]12. The van der Waals surface area contributed by atoms with Crippen LogP contribution in [0.1, 0.15) is 52.9 Å². The number of esters is 1. The number of carbonyl (C=O) groups is 2. The molecule has 0 spiro atoms. The van der Waals surface area contributed by atoms with Gasteiger partial charge in [-0.2, -0.15) is 0 Å². The Kier molecular flexibility index (Phi) is 3.74. The third-order valence-electron chi connectivity index (χ3n) is 7.32. The molecule has 7 atom stereocenters. The van der Waals surface area contributed by atoms with Crippen LogP contribution in [0.3, 0.4) is 0 Å². The smallest absolute Gasteiger partial charge is 0.303 e. The third-order valence-corrected chi connectivity index (χ3v) is 7.32. The molecular formula is C21H28O3. The van der Waals surface area contributed by atoms with Gasteiger partial charge < -0.3 is 4.74 Å². The normalized spacial score (nSPS) is 46.6. The number of rotatable bonds is 1. The van der Waals surface area contributed by atoms with E-state index in [1.807, 2.05) is 0 Å². The Balaban J connectivity index is 1.67. The second-order valence-electron chi connectivity index (χ2n) is 8.83. The Hall–Kier alpha value is -1.38. The molecule has 4 rings (SSSR count). The van der Waals surface area contributed by atoms with Crippen LogP contribution in [0, 0.1) is 35.0 Å². The van der Waals surface area contributed by atoms with E-state index in [1.54, 1.807) is 6.08 Å². The van der Waals surface area contributed by atoms with Crippen molar-refractivity contribution in [3.05, 3.63) is 23.8 Å². The highest BCUT2D eigenvalue weighted by Crippen LogP contribution is 2.61. The molecule has 0 radical (unpaired) electrons. The van der Waals surface area contributed by atoms with Crippen LogP contribution in [-0.4, -0.2) is 17.9 Å². The lowest BCUT2D eigenvalue weighted by atomic mass is 9.51. The van der Waals surface area contributed by atoms with Crippen molar-refractivity contribution >= 4 is 11.8 Å². The summed E-state index contributed by atoms with van der Waals surface area (Å²) in [5, 5.41) is 0. The van der Waals surface area contributed by atoms with E-state index in [-0.39, 0.29) is 11.8 Å². The summed E-state index contributed by atoms with van der Waals surface area (Å²) in [6.07, 6.45) is 11.8. The number of ether oxygens (including phenoxy) is 1. The maximum atomic E-state index is 12.3. The number of carbonyl (C=O) groups excluding carboxylic acids is 2. The number of allylic oxidation sites excluding steroid dienone is 3. The average molecular weight is 328 g/mol. The van der Waals surface area contributed by atoms with Gasteiger partial charge in [-0.15, -0.1) is 0 Å². The summed E-state index contributed by atoms with van der Waals surface area (Å²) < 4.78 is 5.32. The maximum Gasteiger partial charge on any atom is 0.303 e. The first kappa shape index (κ1) is 16.1. The van der Waals surface area contributed by atoms with Crippen molar-refractivity contribution in [1.82, 2.24) is 0 Å². The molecule has 24 heavy (non-hydrogen) atoms. The molecule has 4 aliphatic rings. The molecule has 130 valence electrons. The second-order valence-corrected chi connectivity index (χ2v) is 8.83. The zero-order valence-corrected chi connectivity index (χ0v) is 15.0. The predicted octanol–water partition coefficient (Wildman–Crippen LogP) is 4.08. The highest BCUT2D eigenvalue weighted by Gasteiger charge is 2.54. The maximum absolute atomic E-state index is 12.3. The van der Waals surface area contributed by atoms with E-state index in [4.69, 9.17) is 4.74 Å². The fraction of sp³-hybridized carbons (Fsp3) is 0.714. The summed E-state index contributed by atoms with van der Waals surface area (Å²) in [7, 11) is 0. The van der Waals surface area contributed by atoms with Crippen molar-refractivity contribution in [1.29, 1.82) is 0 Å². The van der Waals surface area contributed by atoms with E-state index in [0.717, 1.165) is 11.5 Å². The molecule has 0 amide bonds. The van der Waals surface area contributed by atoms with Gasteiger partial charge in [-0.05, 0) is 72.3 Å². The summed E-state index contributed by atoms with van der Waals surface area (Å²) >= 11 is 0. The van der Waals surface area contributed by atoms with Gasteiger partial charge in [0, 0.05) is 6.92 Å². The molecule has 3 nitrogen and oxygen atoms in total. The van der Waals surface area contributed by atoms with Gasteiger partial charge in [-0.1, -0.05) is 32.4 Å². The molecule has 1 unspecified atom stereocenters. The Morgan fingerprint density at radius 1 is 1.38 bits per heavy atom. The highest BCUT2D eigenvalue weighted by molar-refractivity contribution is 5.96. The summed E-state index contributed by atoms with van der Waals surface area (Å²) in [6.45, 7) is 6.28. The molecule has 0 aromatic carbocycles. The lowest BCUT2D eigenvalue weighted by Gasteiger charge is -2.54. The molecule has 0 saturated heterocycles. The van der Waals surface area contributed by atoms with Crippen LogP contribution in [0.15, 0.2) is 23.8 Å². The summed E-state index contributed by atoms with van der Waals surface area (Å²) in [5.74, 6) is 2.60. The largest absolute Gasteiger partial charge is 0.454 e. The van der Waals surface area contributed by atoms with Crippen LogP contribution >= 0.6 is 0 Å². The molecule has 0 N–H and O–H groups in total. The van der Waals surface area contributed by atoms with Gasteiger partial charge in [0.05, 0.1) is 0 Å². The van der Waals surface area contributed by atoms with Crippen molar-refractivity contribution < 1.29 is 14.3 Å². The minimum atomic E-state index is -0.576. The lowest BCUT2D eigenvalue weighted by molar-refractivity contribution is -0.153. The Bertz CT molecular complexity index is 631. The summed E-state index contributed by atoms with van der Waals surface area (Å²) in [5.41, 5.74) is 1.66. The molecule has 0 aromatic heterocycles. The second kappa shape index (κ2) is 5.57. The average Bonchev–Trinajstić information content (AvgIpc) is 2.88. The lowest BCUT2D eigenvalue weighted by Crippen LogP contribution is -2.48. The molecular weight excluding hydrogens is 300 g/mol. The molecule has 3 heteroatoms. The third kappa shape index (κ3) is 2.39. The van der Waals surface area contributed by atoms with Crippen LogP contribution in [0.5, 0.6) is 0 Å². The van der Waals surface area contributed by atoms with Crippen molar-refractivity contribution in [2.45, 2.75) is 59.0 Å². The number of fused-ring (bicyclic) bond motifs is 5. The van der Waals surface area contributed by atoms with Gasteiger partial charge in [-0.25, -0.2) is 0 Å². The van der Waals surface area contributed by atoms with Gasteiger partial charge in [0.1, 0.15) is 0 Å². The van der Waals surface area contributed by atoms with E-state index in [2.05, 4.69) is 26.0 Å². The minimum Gasteiger partial charge on any atom is -0.454 e. The monoisotopic (exact) mass is 328 g/mol. The molecule has 0 aromatic rings. The topological polar surface area (TPSA) is 43.4 Å². The zero-order chi connectivity index (χ0) is 17.1. The van der Waals surface area contributed by atoms with Gasteiger partial charge in [0.2, 0.25) is 0 Å². The van der Waals surface area contributed by atoms with E-state index in [9.17, 15) is 9.59 Å². The molecule has 0 aliphatic heterocycles. The van der Waals surface area contributed by atoms with E-state index >= 15 is 0 Å².